The standard InChI is InChI=1S/C22H23N3O3S/c1-13-20(18-12-19(28-25-18)14-4-8-16(26-2)9-5-14)21(24-22(29)23-13)15-6-10-17(27-3)11-7-15/h4-11,19,21,25H,12H2,1-3H3,(H,24,29)/b20-18-. The van der Waals surface area contributed by atoms with E-state index in [-0.39, 0.29) is 12.1 Å². The Morgan fingerprint density at radius 2 is 1.55 bits per heavy atom. The molecule has 2 heterocycles. The second-order valence-electron chi connectivity index (χ2n) is 6.93. The van der Waals surface area contributed by atoms with Crippen LogP contribution in [0.3, 0.4) is 0 Å². The Balaban J connectivity index is 1.66. The van der Waals surface area contributed by atoms with Crippen LogP contribution in [-0.4, -0.2) is 25.0 Å². The lowest BCUT2D eigenvalue weighted by Crippen LogP contribution is -2.36. The van der Waals surface area contributed by atoms with Crippen molar-refractivity contribution in [2.45, 2.75) is 25.5 Å². The third-order valence-electron chi connectivity index (χ3n) is 5.19. The van der Waals surface area contributed by atoms with Crippen molar-refractivity contribution in [2.75, 3.05) is 14.2 Å². The molecule has 1 saturated heterocycles. The van der Waals surface area contributed by atoms with E-state index in [9.17, 15) is 0 Å². The Hall–Kier alpha value is -2.90. The van der Waals surface area contributed by atoms with Gasteiger partial charge in [0.1, 0.15) is 17.6 Å². The zero-order valence-electron chi connectivity index (χ0n) is 16.6. The highest BCUT2D eigenvalue weighted by molar-refractivity contribution is 7.80. The maximum atomic E-state index is 5.89. The number of nitrogens with one attached hydrogen (secondary N) is 2. The predicted octanol–water partition coefficient (Wildman–Crippen LogP) is 4.01. The third-order valence-corrected chi connectivity index (χ3v) is 5.40. The van der Waals surface area contributed by atoms with Gasteiger partial charge < -0.3 is 14.8 Å². The molecule has 0 bridgehead atoms. The summed E-state index contributed by atoms with van der Waals surface area (Å²) in [5, 5.41) is 3.81. The molecule has 0 aromatic heterocycles. The maximum absolute atomic E-state index is 5.89. The van der Waals surface area contributed by atoms with Crippen LogP contribution in [0.4, 0.5) is 0 Å². The van der Waals surface area contributed by atoms with Gasteiger partial charge in [0, 0.05) is 23.4 Å². The van der Waals surface area contributed by atoms with Crippen molar-refractivity contribution >= 4 is 23.0 Å². The van der Waals surface area contributed by atoms with Gasteiger partial charge in [0.25, 0.3) is 0 Å². The summed E-state index contributed by atoms with van der Waals surface area (Å²) in [6.07, 6.45) is 0.636. The SMILES string of the molecule is COc1ccc(C2C/C(=C3\C(C)=NC(=S)NC3c3ccc(OC)cc3)NO2)cc1. The summed E-state index contributed by atoms with van der Waals surface area (Å²) in [6.45, 7) is 1.98. The molecule has 6 nitrogen and oxygen atoms in total. The molecule has 2 unspecified atom stereocenters. The van der Waals surface area contributed by atoms with Crippen LogP contribution in [-0.2, 0) is 4.84 Å². The quantitative estimate of drug-likeness (QED) is 0.744. The topological polar surface area (TPSA) is 64.1 Å². The van der Waals surface area contributed by atoms with Crippen molar-refractivity contribution in [1.29, 1.82) is 0 Å². The van der Waals surface area contributed by atoms with Crippen molar-refractivity contribution in [2.24, 2.45) is 4.99 Å². The number of hydrogen-bond donors (Lipinski definition) is 2. The number of methoxy groups -OCH3 is 2. The first-order valence-corrected chi connectivity index (χ1v) is 9.78. The molecule has 0 radical (unpaired) electrons. The number of nitrogens with zero attached hydrogens (tertiary/aromatic N) is 1. The molecular weight excluding hydrogens is 386 g/mol. The first kappa shape index (κ1) is 19.4. The van der Waals surface area contributed by atoms with E-state index in [0.29, 0.717) is 5.11 Å². The molecule has 1 fully saturated rings. The van der Waals surface area contributed by atoms with Gasteiger partial charge in [0.2, 0.25) is 0 Å². The maximum Gasteiger partial charge on any atom is 0.193 e. The number of benzene rings is 2. The van der Waals surface area contributed by atoms with Gasteiger partial charge in [-0.1, -0.05) is 24.3 Å². The van der Waals surface area contributed by atoms with E-state index in [1.165, 1.54) is 0 Å². The summed E-state index contributed by atoms with van der Waals surface area (Å²) >= 11 is 5.35. The van der Waals surface area contributed by atoms with Crippen LogP contribution in [0.5, 0.6) is 11.5 Å². The molecule has 2 aromatic carbocycles. The molecule has 7 heteroatoms. The van der Waals surface area contributed by atoms with E-state index in [1.54, 1.807) is 14.2 Å². The summed E-state index contributed by atoms with van der Waals surface area (Å²) in [5.74, 6) is 1.64. The molecule has 0 spiro atoms. The van der Waals surface area contributed by atoms with Gasteiger partial charge in [0.15, 0.2) is 5.11 Å². The lowest BCUT2D eigenvalue weighted by molar-refractivity contribution is 0.0387. The van der Waals surface area contributed by atoms with Crippen molar-refractivity contribution < 1.29 is 14.3 Å². The molecule has 4 rings (SSSR count). The lowest BCUT2D eigenvalue weighted by atomic mass is 9.91. The van der Waals surface area contributed by atoms with Gasteiger partial charge in [-0.2, -0.15) is 0 Å². The Kier molecular flexibility index (Phi) is 5.51. The van der Waals surface area contributed by atoms with E-state index in [1.807, 2.05) is 55.5 Å². The smallest absolute Gasteiger partial charge is 0.193 e. The molecule has 0 aliphatic carbocycles. The van der Waals surface area contributed by atoms with Crippen LogP contribution < -0.4 is 20.3 Å². The summed E-state index contributed by atoms with van der Waals surface area (Å²) < 4.78 is 10.5. The fourth-order valence-corrected chi connectivity index (χ4v) is 3.92. The summed E-state index contributed by atoms with van der Waals surface area (Å²) in [5.41, 5.74) is 8.24. The van der Waals surface area contributed by atoms with Gasteiger partial charge in [-0.3, -0.25) is 10.3 Å². The van der Waals surface area contributed by atoms with Crippen LogP contribution in [0.2, 0.25) is 0 Å². The molecular formula is C22H23N3O3S. The molecule has 2 atom stereocenters. The first-order valence-electron chi connectivity index (χ1n) is 9.38. The fraction of sp³-hybridized carbons (Fsp3) is 0.273. The Morgan fingerprint density at radius 1 is 0.966 bits per heavy atom. The number of rotatable bonds is 4. The van der Waals surface area contributed by atoms with E-state index in [2.05, 4.69) is 15.8 Å². The first-order chi connectivity index (χ1) is 14.1. The Morgan fingerprint density at radius 3 is 2.14 bits per heavy atom. The van der Waals surface area contributed by atoms with Crippen LogP contribution in [0.25, 0.3) is 0 Å². The van der Waals surface area contributed by atoms with Crippen LogP contribution in [0.15, 0.2) is 64.8 Å². The van der Waals surface area contributed by atoms with Crippen LogP contribution in [0, 0.1) is 0 Å². The molecule has 29 heavy (non-hydrogen) atoms. The summed E-state index contributed by atoms with van der Waals surface area (Å²) in [6, 6.07) is 15.8. The van der Waals surface area contributed by atoms with Crippen LogP contribution >= 0.6 is 12.2 Å². The van der Waals surface area contributed by atoms with Gasteiger partial charge >= 0.3 is 0 Å². The minimum Gasteiger partial charge on any atom is -0.497 e. The lowest BCUT2D eigenvalue weighted by Gasteiger charge is -2.28. The normalized spacial score (nSPS) is 23.8. The largest absolute Gasteiger partial charge is 0.497 e. The minimum atomic E-state index is -0.105. The molecule has 0 amide bonds. The minimum absolute atomic E-state index is 0.0819. The highest BCUT2D eigenvalue weighted by atomic mass is 32.1. The third kappa shape index (κ3) is 3.97. The molecule has 2 aliphatic rings. The molecule has 150 valence electrons. The second-order valence-corrected chi connectivity index (χ2v) is 7.32. The zero-order chi connectivity index (χ0) is 20.4. The van der Waals surface area contributed by atoms with Crippen molar-refractivity contribution in [3.05, 3.63) is 70.9 Å². The molecule has 2 aliphatic heterocycles. The van der Waals surface area contributed by atoms with Gasteiger partial charge in [-0.05, 0) is 54.5 Å². The number of hydrogen-bond acceptors (Lipinski definition) is 5. The Labute approximate surface area is 175 Å². The number of ether oxygens (including phenoxy) is 2. The zero-order valence-corrected chi connectivity index (χ0v) is 17.4. The highest BCUT2D eigenvalue weighted by Crippen LogP contribution is 2.36. The number of hydroxylamine groups is 1. The summed E-state index contributed by atoms with van der Waals surface area (Å²) in [4.78, 5) is 10.4. The van der Waals surface area contributed by atoms with Crippen molar-refractivity contribution in [1.82, 2.24) is 10.8 Å². The van der Waals surface area contributed by atoms with Gasteiger partial charge in [-0.15, -0.1) is 0 Å². The average Bonchev–Trinajstić information content (AvgIpc) is 3.23. The predicted molar refractivity (Wildman–Crippen MR) is 116 cm³/mol. The van der Waals surface area contributed by atoms with E-state index >= 15 is 0 Å². The number of aliphatic imine (C=N–C) groups is 1. The summed E-state index contributed by atoms with van der Waals surface area (Å²) in [7, 11) is 3.32. The molecule has 2 N–H and O–H groups in total. The molecule has 0 saturated carbocycles. The van der Waals surface area contributed by atoms with Crippen LogP contribution in [0.1, 0.15) is 36.6 Å². The monoisotopic (exact) mass is 409 g/mol. The second kappa shape index (κ2) is 8.23. The molecule has 2 aromatic rings. The van der Waals surface area contributed by atoms with E-state index in [0.717, 1.165) is 46.0 Å². The fourth-order valence-electron chi connectivity index (χ4n) is 3.67. The highest BCUT2D eigenvalue weighted by Gasteiger charge is 2.32. The average molecular weight is 410 g/mol. The van der Waals surface area contributed by atoms with Gasteiger partial charge in [-0.25, -0.2) is 4.99 Å². The number of thiocarbonyl (C=S) groups is 1. The van der Waals surface area contributed by atoms with Crippen molar-refractivity contribution in [3.8, 4) is 11.5 Å². The van der Waals surface area contributed by atoms with Crippen molar-refractivity contribution in [3.63, 3.8) is 0 Å². The van der Waals surface area contributed by atoms with E-state index < -0.39 is 0 Å². The Bertz CT molecular complexity index is 968. The van der Waals surface area contributed by atoms with Gasteiger partial charge in [0.05, 0.1) is 20.3 Å². The van der Waals surface area contributed by atoms with E-state index in [4.69, 9.17) is 26.5 Å².